The molecule has 0 radical (unpaired) electrons. The van der Waals surface area contributed by atoms with Crippen LogP contribution in [0.3, 0.4) is 0 Å². The average Bonchev–Trinajstić information content (AvgIpc) is 3.30. The van der Waals surface area contributed by atoms with Crippen LogP contribution in [0.25, 0.3) is 0 Å². The van der Waals surface area contributed by atoms with Gasteiger partial charge in [0.2, 0.25) is 5.91 Å². The first-order valence-corrected chi connectivity index (χ1v) is 11.3. The van der Waals surface area contributed by atoms with Gasteiger partial charge in [-0.05, 0) is 24.1 Å². The van der Waals surface area contributed by atoms with Crippen LogP contribution in [-0.2, 0) is 11.3 Å². The highest BCUT2D eigenvalue weighted by atomic mass is 16.5. The van der Waals surface area contributed by atoms with E-state index in [1.54, 1.807) is 15.9 Å². The summed E-state index contributed by atoms with van der Waals surface area (Å²) in [4.78, 5) is 31.5. The van der Waals surface area contributed by atoms with Crippen LogP contribution < -0.4 is 10.1 Å². The van der Waals surface area contributed by atoms with E-state index in [4.69, 9.17) is 4.74 Å². The normalized spacial score (nSPS) is 22.4. The van der Waals surface area contributed by atoms with E-state index >= 15 is 0 Å². The number of hydrogen-bond acceptors (Lipinski definition) is 5. The van der Waals surface area contributed by atoms with Crippen LogP contribution in [0.2, 0.25) is 0 Å². The molecule has 170 valence electrons. The highest BCUT2D eigenvalue weighted by molar-refractivity contribution is 5.96. The number of likely N-dealkylation sites (tertiary alicyclic amines) is 1. The number of para-hydroxylation sites is 1. The molecule has 5 rings (SSSR count). The van der Waals surface area contributed by atoms with E-state index in [-0.39, 0.29) is 17.9 Å². The standard InChI is InChI=1S/C25H27N5O3/c1-29-13-12-25(11-10-23(29)31)14-21(20-8-4-5-9-22(20)33-25)28-24(32)19-7-3-2-6-18(19)15-30-17-26-16-27-30/h2-9,16-17,21H,10-15H2,1H3,(H,28,32). The van der Waals surface area contributed by atoms with Crippen LogP contribution in [-0.4, -0.2) is 50.7 Å². The lowest BCUT2D eigenvalue weighted by molar-refractivity contribution is -0.129. The van der Waals surface area contributed by atoms with Gasteiger partial charge in [0, 0.05) is 44.0 Å². The first-order valence-electron chi connectivity index (χ1n) is 11.3. The molecule has 1 fully saturated rings. The number of ether oxygens (including phenoxy) is 1. The van der Waals surface area contributed by atoms with Crippen LogP contribution in [0, 0.1) is 0 Å². The molecule has 0 bridgehead atoms. The van der Waals surface area contributed by atoms with Crippen molar-refractivity contribution in [1.29, 1.82) is 0 Å². The molecule has 1 spiro atoms. The number of hydrogen-bond donors (Lipinski definition) is 1. The number of carbonyl (C=O) groups is 2. The zero-order chi connectivity index (χ0) is 22.8. The maximum atomic E-state index is 13.5. The Labute approximate surface area is 192 Å². The maximum Gasteiger partial charge on any atom is 0.252 e. The number of benzene rings is 2. The Bertz CT molecular complexity index is 1160. The largest absolute Gasteiger partial charge is 0.487 e. The fourth-order valence-electron chi connectivity index (χ4n) is 4.80. The van der Waals surface area contributed by atoms with Gasteiger partial charge in [-0.3, -0.25) is 9.59 Å². The summed E-state index contributed by atoms with van der Waals surface area (Å²) in [6.45, 7) is 1.11. The number of nitrogens with zero attached hydrogens (tertiary/aromatic N) is 4. The number of aromatic nitrogens is 3. The van der Waals surface area contributed by atoms with Crippen LogP contribution >= 0.6 is 0 Å². The Morgan fingerprint density at radius 3 is 2.85 bits per heavy atom. The summed E-state index contributed by atoms with van der Waals surface area (Å²) in [5.41, 5.74) is 1.97. The average molecular weight is 446 g/mol. The van der Waals surface area contributed by atoms with Crippen molar-refractivity contribution in [2.45, 2.75) is 43.9 Å². The number of carbonyl (C=O) groups excluding carboxylic acids is 2. The van der Waals surface area contributed by atoms with Crippen LogP contribution in [0.1, 0.15) is 53.2 Å². The molecule has 33 heavy (non-hydrogen) atoms. The van der Waals surface area contributed by atoms with Crippen molar-refractivity contribution in [3.63, 3.8) is 0 Å². The summed E-state index contributed by atoms with van der Waals surface area (Å²) in [6.07, 6.45) is 5.56. The SMILES string of the molecule is CN1CCC2(CCC1=O)CC(NC(=O)c1ccccc1Cn1cncn1)c1ccccc1O2. The number of amides is 2. The van der Waals surface area contributed by atoms with E-state index in [1.165, 1.54) is 6.33 Å². The van der Waals surface area contributed by atoms with Gasteiger partial charge in [0.25, 0.3) is 5.91 Å². The predicted octanol–water partition coefficient (Wildman–Crippen LogP) is 2.96. The first-order chi connectivity index (χ1) is 16.0. The third-order valence-electron chi connectivity index (χ3n) is 6.69. The van der Waals surface area contributed by atoms with Gasteiger partial charge in [-0.2, -0.15) is 5.10 Å². The molecule has 1 N–H and O–H groups in total. The lowest BCUT2D eigenvalue weighted by Gasteiger charge is -2.42. The third kappa shape index (κ3) is 4.33. The van der Waals surface area contributed by atoms with E-state index in [1.807, 2.05) is 55.6 Å². The fraction of sp³-hybridized carbons (Fsp3) is 0.360. The molecule has 2 aliphatic rings. The molecule has 0 saturated carbocycles. The molecular formula is C25H27N5O3. The van der Waals surface area contributed by atoms with Crippen molar-refractivity contribution in [2.75, 3.05) is 13.6 Å². The fourth-order valence-corrected chi connectivity index (χ4v) is 4.80. The van der Waals surface area contributed by atoms with Crippen LogP contribution in [0.4, 0.5) is 0 Å². The molecule has 8 heteroatoms. The summed E-state index contributed by atoms with van der Waals surface area (Å²) >= 11 is 0. The van der Waals surface area contributed by atoms with Crippen molar-refractivity contribution in [3.05, 3.63) is 77.9 Å². The Morgan fingerprint density at radius 2 is 2.00 bits per heavy atom. The Balaban J connectivity index is 1.42. The van der Waals surface area contributed by atoms with Crippen molar-refractivity contribution in [1.82, 2.24) is 25.0 Å². The quantitative estimate of drug-likeness (QED) is 0.667. The second-order valence-electron chi connectivity index (χ2n) is 8.87. The first kappa shape index (κ1) is 21.2. The summed E-state index contributed by atoms with van der Waals surface area (Å²) in [5, 5.41) is 7.42. The minimum atomic E-state index is -0.479. The Kier molecular flexibility index (Phi) is 5.58. The molecule has 2 aliphatic heterocycles. The second kappa shape index (κ2) is 8.69. The van der Waals surface area contributed by atoms with Crippen molar-refractivity contribution in [2.24, 2.45) is 0 Å². The number of nitrogens with one attached hydrogen (secondary N) is 1. The highest BCUT2D eigenvalue weighted by Gasteiger charge is 2.43. The second-order valence-corrected chi connectivity index (χ2v) is 8.87. The minimum Gasteiger partial charge on any atom is -0.487 e. The van der Waals surface area contributed by atoms with Gasteiger partial charge < -0.3 is 15.0 Å². The van der Waals surface area contributed by atoms with Crippen molar-refractivity contribution in [3.8, 4) is 5.75 Å². The van der Waals surface area contributed by atoms with E-state index in [0.29, 0.717) is 37.9 Å². The molecule has 2 amide bonds. The van der Waals surface area contributed by atoms with Gasteiger partial charge >= 0.3 is 0 Å². The topological polar surface area (TPSA) is 89.4 Å². The van der Waals surface area contributed by atoms with Crippen molar-refractivity contribution >= 4 is 11.8 Å². The Morgan fingerprint density at radius 1 is 1.18 bits per heavy atom. The molecule has 8 nitrogen and oxygen atoms in total. The van der Waals surface area contributed by atoms with Gasteiger partial charge in [0.05, 0.1) is 12.6 Å². The molecular weight excluding hydrogens is 418 g/mol. The molecule has 1 saturated heterocycles. The van der Waals surface area contributed by atoms with Gasteiger partial charge in [0.15, 0.2) is 0 Å². The molecule has 0 aliphatic carbocycles. The van der Waals surface area contributed by atoms with Crippen molar-refractivity contribution < 1.29 is 14.3 Å². The third-order valence-corrected chi connectivity index (χ3v) is 6.69. The molecule has 3 aromatic rings. The van der Waals surface area contributed by atoms with E-state index < -0.39 is 5.60 Å². The predicted molar refractivity (Wildman–Crippen MR) is 122 cm³/mol. The number of fused-ring (bicyclic) bond motifs is 1. The highest BCUT2D eigenvalue weighted by Crippen LogP contribution is 2.44. The van der Waals surface area contributed by atoms with Gasteiger partial charge in [-0.15, -0.1) is 0 Å². The summed E-state index contributed by atoms with van der Waals surface area (Å²) in [7, 11) is 1.84. The number of rotatable bonds is 4. The maximum absolute atomic E-state index is 13.5. The lowest BCUT2D eigenvalue weighted by Crippen LogP contribution is -2.46. The van der Waals surface area contributed by atoms with E-state index in [9.17, 15) is 9.59 Å². The van der Waals surface area contributed by atoms with E-state index in [2.05, 4.69) is 15.4 Å². The summed E-state index contributed by atoms with van der Waals surface area (Å²) in [6, 6.07) is 15.2. The Hall–Kier alpha value is -3.68. The minimum absolute atomic E-state index is 0.135. The molecule has 2 aromatic carbocycles. The zero-order valence-electron chi connectivity index (χ0n) is 18.6. The lowest BCUT2D eigenvalue weighted by atomic mass is 9.82. The monoisotopic (exact) mass is 445 g/mol. The summed E-state index contributed by atoms with van der Waals surface area (Å²) < 4.78 is 8.20. The van der Waals surface area contributed by atoms with Gasteiger partial charge in [0.1, 0.15) is 24.0 Å². The van der Waals surface area contributed by atoms with Crippen LogP contribution in [0.5, 0.6) is 5.75 Å². The van der Waals surface area contributed by atoms with Gasteiger partial charge in [-0.1, -0.05) is 36.4 Å². The molecule has 2 unspecified atom stereocenters. The van der Waals surface area contributed by atoms with Crippen LogP contribution in [0.15, 0.2) is 61.2 Å². The molecule has 3 heterocycles. The van der Waals surface area contributed by atoms with Gasteiger partial charge in [-0.25, -0.2) is 9.67 Å². The summed E-state index contributed by atoms with van der Waals surface area (Å²) in [5.74, 6) is 0.781. The van der Waals surface area contributed by atoms with E-state index in [0.717, 1.165) is 23.3 Å². The smallest absolute Gasteiger partial charge is 0.252 e. The molecule has 2 atom stereocenters. The zero-order valence-corrected chi connectivity index (χ0v) is 18.6. The molecule has 1 aromatic heterocycles.